The predicted octanol–water partition coefficient (Wildman–Crippen LogP) is 3.40. The van der Waals surface area contributed by atoms with Crippen LogP contribution in [0.3, 0.4) is 0 Å². The third-order valence-corrected chi connectivity index (χ3v) is 4.78. The molecule has 0 unspecified atom stereocenters. The van der Waals surface area contributed by atoms with Gasteiger partial charge in [0.1, 0.15) is 0 Å². The van der Waals surface area contributed by atoms with Gasteiger partial charge in [-0.15, -0.1) is 0 Å². The van der Waals surface area contributed by atoms with Crippen molar-refractivity contribution in [1.29, 1.82) is 0 Å². The molecule has 28 heavy (non-hydrogen) atoms. The molecule has 0 aliphatic carbocycles. The number of halogens is 1. The number of imide groups is 1. The van der Waals surface area contributed by atoms with Crippen LogP contribution in [0.4, 0.5) is 5.69 Å². The first-order valence-corrected chi connectivity index (χ1v) is 8.82. The fourth-order valence-electron chi connectivity index (χ4n) is 3.21. The summed E-state index contributed by atoms with van der Waals surface area (Å²) in [5.41, 5.74) is 1.85. The molecular formula is C20H16ClN3O4. The molecule has 142 valence electrons. The summed E-state index contributed by atoms with van der Waals surface area (Å²) in [5, 5.41) is 4.92. The van der Waals surface area contributed by atoms with E-state index in [-0.39, 0.29) is 16.9 Å². The summed E-state index contributed by atoms with van der Waals surface area (Å²) in [6.45, 7) is 0.484. The molecule has 0 radical (unpaired) electrons. The quantitative estimate of drug-likeness (QED) is 0.617. The van der Waals surface area contributed by atoms with Crippen molar-refractivity contribution in [2.24, 2.45) is 0 Å². The summed E-state index contributed by atoms with van der Waals surface area (Å²) in [4.78, 5) is 26.9. The SMILES string of the molecule is COc1ccc2c(c1OC)C(=O)N(c1cnn(Cc3ccc(Cl)cc3)c1)C2=O. The Morgan fingerprint density at radius 1 is 1.00 bits per heavy atom. The molecule has 3 aromatic rings. The minimum Gasteiger partial charge on any atom is -0.493 e. The first-order valence-electron chi connectivity index (χ1n) is 8.44. The summed E-state index contributed by atoms with van der Waals surface area (Å²) < 4.78 is 12.2. The second kappa shape index (κ2) is 7.01. The molecule has 7 nitrogen and oxygen atoms in total. The Kier molecular flexibility index (Phi) is 4.52. The molecule has 0 bridgehead atoms. The van der Waals surface area contributed by atoms with Crippen LogP contribution in [0, 0.1) is 0 Å². The van der Waals surface area contributed by atoms with Crippen molar-refractivity contribution >= 4 is 29.1 Å². The fourth-order valence-corrected chi connectivity index (χ4v) is 3.33. The molecule has 2 amide bonds. The van der Waals surface area contributed by atoms with E-state index >= 15 is 0 Å². The Labute approximate surface area is 166 Å². The molecule has 0 N–H and O–H groups in total. The van der Waals surface area contributed by atoms with Crippen molar-refractivity contribution in [2.45, 2.75) is 6.54 Å². The molecule has 0 saturated carbocycles. The Bertz CT molecular complexity index is 1080. The van der Waals surface area contributed by atoms with E-state index in [0.717, 1.165) is 10.5 Å². The molecular weight excluding hydrogens is 382 g/mol. The summed E-state index contributed by atoms with van der Waals surface area (Å²) in [5.74, 6) is -0.258. The molecule has 0 saturated heterocycles. The van der Waals surface area contributed by atoms with E-state index in [9.17, 15) is 9.59 Å². The van der Waals surface area contributed by atoms with Gasteiger partial charge in [0, 0.05) is 11.2 Å². The maximum atomic E-state index is 13.0. The van der Waals surface area contributed by atoms with E-state index in [1.807, 2.05) is 12.1 Å². The zero-order valence-electron chi connectivity index (χ0n) is 15.2. The first kappa shape index (κ1) is 18.1. The predicted molar refractivity (Wildman–Crippen MR) is 103 cm³/mol. The van der Waals surface area contributed by atoms with E-state index < -0.39 is 11.8 Å². The minimum absolute atomic E-state index is 0.192. The third-order valence-electron chi connectivity index (χ3n) is 4.53. The first-order chi connectivity index (χ1) is 13.5. The van der Waals surface area contributed by atoms with E-state index in [0.29, 0.717) is 23.0 Å². The van der Waals surface area contributed by atoms with Crippen LogP contribution in [-0.2, 0) is 6.54 Å². The molecule has 8 heteroatoms. The molecule has 1 aromatic heterocycles. The normalized spacial score (nSPS) is 13.0. The van der Waals surface area contributed by atoms with Gasteiger partial charge >= 0.3 is 0 Å². The number of methoxy groups -OCH3 is 2. The molecule has 0 atom stereocenters. The molecule has 4 rings (SSSR count). The molecule has 1 aliphatic rings. The number of aromatic nitrogens is 2. The number of rotatable bonds is 5. The average molecular weight is 398 g/mol. The fraction of sp³-hybridized carbons (Fsp3) is 0.150. The standard InChI is InChI=1S/C20H16ClN3O4/c1-27-16-8-7-15-17(18(16)28-2)20(26)24(19(15)25)14-9-22-23(11-14)10-12-3-5-13(21)6-4-12/h3-9,11H,10H2,1-2H3. The monoisotopic (exact) mass is 397 g/mol. The lowest BCUT2D eigenvalue weighted by molar-refractivity contribution is 0.0925. The van der Waals surface area contributed by atoms with Gasteiger partial charge in [0.15, 0.2) is 11.5 Å². The number of nitrogens with zero attached hydrogens (tertiary/aromatic N) is 3. The van der Waals surface area contributed by atoms with Crippen molar-refractivity contribution < 1.29 is 19.1 Å². The van der Waals surface area contributed by atoms with Crippen LogP contribution < -0.4 is 14.4 Å². The number of hydrogen-bond donors (Lipinski definition) is 0. The maximum absolute atomic E-state index is 13.0. The zero-order valence-corrected chi connectivity index (χ0v) is 15.9. The van der Waals surface area contributed by atoms with Crippen LogP contribution in [0.25, 0.3) is 0 Å². The van der Waals surface area contributed by atoms with Crippen LogP contribution in [0.5, 0.6) is 11.5 Å². The number of fused-ring (bicyclic) bond motifs is 1. The number of carbonyl (C=O) groups is 2. The highest BCUT2D eigenvalue weighted by molar-refractivity contribution is 6.35. The van der Waals surface area contributed by atoms with Gasteiger partial charge in [0.05, 0.1) is 43.8 Å². The highest BCUT2D eigenvalue weighted by Crippen LogP contribution is 2.39. The van der Waals surface area contributed by atoms with E-state index in [1.165, 1.54) is 20.4 Å². The highest BCUT2D eigenvalue weighted by atomic mass is 35.5. The Morgan fingerprint density at radius 3 is 2.43 bits per heavy atom. The lowest BCUT2D eigenvalue weighted by Crippen LogP contribution is -2.29. The Hall–Kier alpha value is -3.32. The van der Waals surface area contributed by atoms with Gasteiger partial charge in [-0.05, 0) is 29.8 Å². The summed E-state index contributed by atoms with van der Waals surface area (Å²) in [6, 6.07) is 10.5. The topological polar surface area (TPSA) is 73.7 Å². The van der Waals surface area contributed by atoms with Crippen LogP contribution in [0.15, 0.2) is 48.8 Å². The molecule has 0 fully saturated rings. The zero-order chi connectivity index (χ0) is 19.8. The third kappa shape index (κ3) is 2.90. The van der Waals surface area contributed by atoms with Crippen molar-refractivity contribution in [3.8, 4) is 11.5 Å². The second-order valence-electron chi connectivity index (χ2n) is 6.19. The van der Waals surface area contributed by atoms with E-state index in [1.54, 1.807) is 35.1 Å². The lowest BCUT2D eigenvalue weighted by Gasteiger charge is -2.11. The van der Waals surface area contributed by atoms with Crippen LogP contribution in [-0.4, -0.2) is 35.8 Å². The van der Waals surface area contributed by atoms with Crippen LogP contribution in [0.1, 0.15) is 26.3 Å². The van der Waals surface area contributed by atoms with Gasteiger partial charge < -0.3 is 9.47 Å². The van der Waals surface area contributed by atoms with Gasteiger partial charge in [0.25, 0.3) is 11.8 Å². The van der Waals surface area contributed by atoms with E-state index in [2.05, 4.69) is 5.10 Å². The van der Waals surface area contributed by atoms with Gasteiger partial charge in [0.2, 0.25) is 0 Å². The molecule has 2 aromatic carbocycles. The second-order valence-corrected chi connectivity index (χ2v) is 6.63. The molecule has 0 spiro atoms. The van der Waals surface area contributed by atoms with Crippen LogP contribution in [0.2, 0.25) is 5.02 Å². The summed E-state index contributed by atoms with van der Waals surface area (Å²) in [6.07, 6.45) is 3.14. The van der Waals surface area contributed by atoms with Gasteiger partial charge in [-0.3, -0.25) is 14.3 Å². The smallest absolute Gasteiger partial charge is 0.270 e. The maximum Gasteiger partial charge on any atom is 0.270 e. The van der Waals surface area contributed by atoms with Crippen LogP contribution >= 0.6 is 11.6 Å². The Morgan fingerprint density at radius 2 is 1.75 bits per heavy atom. The van der Waals surface area contributed by atoms with Gasteiger partial charge in [-0.25, -0.2) is 4.90 Å². The molecule has 2 heterocycles. The van der Waals surface area contributed by atoms with Crippen molar-refractivity contribution in [1.82, 2.24) is 9.78 Å². The van der Waals surface area contributed by atoms with Crippen molar-refractivity contribution in [2.75, 3.05) is 19.1 Å². The number of ether oxygens (including phenoxy) is 2. The van der Waals surface area contributed by atoms with Crippen molar-refractivity contribution in [3.05, 3.63) is 70.5 Å². The number of carbonyl (C=O) groups excluding carboxylic acids is 2. The summed E-state index contributed by atoms with van der Waals surface area (Å²) >= 11 is 5.90. The average Bonchev–Trinajstić information content (AvgIpc) is 3.25. The number of hydrogen-bond acceptors (Lipinski definition) is 5. The van der Waals surface area contributed by atoms with Gasteiger partial charge in [-0.1, -0.05) is 23.7 Å². The van der Waals surface area contributed by atoms with E-state index in [4.69, 9.17) is 21.1 Å². The van der Waals surface area contributed by atoms with Gasteiger partial charge in [-0.2, -0.15) is 5.10 Å². The highest BCUT2D eigenvalue weighted by Gasteiger charge is 2.41. The van der Waals surface area contributed by atoms with Crippen molar-refractivity contribution in [3.63, 3.8) is 0 Å². The largest absolute Gasteiger partial charge is 0.493 e. The summed E-state index contributed by atoms with van der Waals surface area (Å²) in [7, 11) is 2.91. The number of anilines is 1. The Balaban J connectivity index is 1.65. The number of amides is 2. The minimum atomic E-state index is -0.471. The number of benzene rings is 2. The lowest BCUT2D eigenvalue weighted by atomic mass is 10.1. The molecule has 1 aliphatic heterocycles.